The molecule has 4 nitrogen and oxygen atoms in total. The molecule has 1 saturated heterocycles. The van der Waals surface area contributed by atoms with Crippen molar-refractivity contribution in [2.24, 2.45) is 0 Å². The second kappa shape index (κ2) is 7.56. The molecule has 0 aliphatic carbocycles. The fraction of sp³-hybridized carbons (Fsp3) is 0.381. The molecule has 2 aliphatic rings. The van der Waals surface area contributed by atoms with Crippen LogP contribution in [-0.4, -0.2) is 43.2 Å². The molecular formula is C21H23FN2O2. The van der Waals surface area contributed by atoms with Crippen molar-refractivity contribution in [2.75, 3.05) is 26.2 Å². The second-order valence-electron chi connectivity index (χ2n) is 6.83. The van der Waals surface area contributed by atoms with Crippen molar-refractivity contribution in [1.29, 1.82) is 0 Å². The van der Waals surface area contributed by atoms with Crippen molar-refractivity contribution < 1.29 is 13.9 Å². The quantitative estimate of drug-likeness (QED) is 0.902. The van der Waals surface area contributed by atoms with Gasteiger partial charge in [0.05, 0.1) is 12.6 Å². The lowest BCUT2D eigenvalue weighted by Gasteiger charge is -2.39. The lowest BCUT2D eigenvalue weighted by Crippen LogP contribution is -2.46. The zero-order valence-electron chi connectivity index (χ0n) is 14.7. The predicted molar refractivity (Wildman–Crippen MR) is 97.3 cm³/mol. The van der Waals surface area contributed by atoms with E-state index in [0.717, 1.165) is 30.6 Å². The highest BCUT2D eigenvalue weighted by atomic mass is 19.1. The van der Waals surface area contributed by atoms with E-state index in [-0.39, 0.29) is 17.8 Å². The van der Waals surface area contributed by atoms with Crippen LogP contribution in [0, 0.1) is 5.82 Å². The van der Waals surface area contributed by atoms with Crippen LogP contribution in [0.1, 0.15) is 29.2 Å². The van der Waals surface area contributed by atoms with Gasteiger partial charge in [0.15, 0.2) is 0 Å². The fourth-order valence-corrected chi connectivity index (χ4v) is 3.90. The zero-order chi connectivity index (χ0) is 17.9. The molecule has 0 saturated carbocycles. The van der Waals surface area contributed by atoms with E-state index in [1.54, 1.807) is 12.1 Å². The number of carbonyl (C=O) groups is 1. The minimum Gasteiger partial charge on any atom is -0.367 e. The Morgan fingerprint density at radius 1 is 1.12 bits per heavy atom. The van der Waals surface area contributed by atoms with Crippen molar-refractivity contribution in [3.8, 4) is 0 Å². The van der Waals surface area contributed by atoms with Crippen LogP contribution < -0.4 is 5.32 Å². The van der Waals surface area contributed by atoms with E-state index in [1.807, 2.05) is 17.0 Å². The third-order valence-corrected chi connectivity index (χ3v) is 5.21. The highest BCUT2D eigenvalue weighted by Crippen LogP contribution is 2.36. The van der Waals surface area contributed by atoms with Crippen LogP contribution in [0.5, 0.6) is 0 Å². The van der Waals surface area contributed by atoms with Crippen molar-refractivity contribution in [3.05, 3.63) is 71.0 Å². The number of rotatable bonds is 2. The summed E-state index contributed by atoms with van der Waals surface area (Å²) in [5.74, 6) is -0.244. The summed E-state index contributed by atoms with van der Waals surface area (Å²) in [7, 11) is 0. The summed E-state index contributed by atoms with van der Waals surface area (Å²) in [6, 6.07) is 14.5. The number of benzene rings is 2. The van der Waals surface area contributed by atoms with Crippen molar-refractivity contribution in [3.63, 3.8) is 0 Å². The second-order valence-corrected chi connectivity index (χ2v) is 6.83. The number of ether oxygens (including phenoxy) is 1. The average Bonchev–Trinajstić information content (AvgIpc) is 2.97. The molecule has 5 heteroatoms. The largest absolute Gasteiger partial charge is 0.367 e. The number of hydrogen-bond acceptors (Lipinski definition) is 3. The fourth-order valence-electron chi connectivity index (χ4n) is 3.90. The SMILES string of the molecule is O=C([C@@H]1CCNCCO1)N1CCc2ccccc2[C@@H]1c1ccc(F)cc1. The molecule has 4 rings (SSSR count). The standard InChI is InChI=1S/C21H23FN2O2/c22-17-7-5-16(6-8-17)20-18-4-2-1-3-15(18)10-13-24(20)21(25)19-9-11-23-12-14-26-19/h1-8,19-20,23H,9-14H2/t19-,20-/m0/s1. The molecule has 1 amide bonds. The van der Waals surface area contributed by atoms with E-state index in [1.165, 1.54) is 17.7 Å². The van der Waals surface area contributed by atoms with Crippen LogP contribution >= 0.6 is 0 Å². The minimum absolute atomic E-state index is 0.0255. The number of hydrogen-bond donors (Lipinski definition) is 1. The van der Waals surface area contributed by atoms with E-state index in [0.29, 0.717) is 19.6 Å². The molecule has 26 heavy (non-hydrogen) atoms. The van der Waals surface area contributed by atoms with Crippen LogP contribution in [0.25, 0.3) is 0 Å². The van der Waals surface area contributed by atoms with Crippen LogP contribution in [0.2, 0.25) is 0 Å². The van der Waals surface area contributed by atoms with Crippen LogP contribution in [0.3, 0.4) is 0 Å². The van der Waals surface area contributed by atoms with Gasteiger partial charge >= 0.3 is 0 Å². The first-order valence-corrected chi connectivity index (χ1v) is 9.20. The highest BCUT2D eigenvalue weighted by Gasteiger charge is 2.35. The maximum atomic E-state index is 13.4. The highest BCUT2D eigenvalue weighted by molar-refractivity contribution is 5.82. The smallest absolute Gasteiger partial charge is 0.252 e. The van der Waals surface area contributed by atoms with Gasteiger partial charge in [0.1, 0.15) is 11.9 Å². The number of halogens is 1. The molecule has 2 aromatic carbocycles. The summed E-state index contributed by atoms with van der Waals surface area (Å²) in [6.07, 6.45) is 1.08. The van der Waals surface area contributed by atoms with E-state index in [9.17, 15) is 9.18 Å². The maximum absolute atomic E-state index is 13.4. The van der Waals surface area contributed by atoms with E-state index in [2.05, 4.69) is 17.4 Å². The number of fused-ring (bicyclic) bond motifs is 1. The molecule has 1 fully saturated rings. The van der Waals surface area contributed by atoms with Gasteiger partial charge < -0.3 is 15.0 Å². The molecule has 136 valence electrons. The van der Waals surface area contributed by atoms with Crippen LogP contribution in [0.4, 0.5) is 4.39 Å². The number of amides is 1. The molecule has 2 aromatic rings. The Morgan fingerprint density at radius 2 is 1.92 bits per heavy atom. The van der Waals surface area contributed by atoms with Gasteiger partial charge in [0.2, 0.25) is 0 Å². The zero-order valence-corrected chi connectivity index (χ0v) is 14.7. The first kappa shape index (κ1) is 17.2. The molecule has 2 aliphatic heterocycles. The topological polar surface area (TPSA) is 41.6 Å². The Morgan fingerprint density at radius 3 is 2.77 bits per heavy atom. The molecule has 0 radical (unpaired) electrons. The van der Waals surface area contributed by atoms with Gasteiger partial charge in [0, 0.05) is 13.1 Å². The Bertz CT molecular complexity index is 770. The third kappa shape index (κ3) is 3.37. The summed E-state index contributed by atoms with van der Waals surface area (Å²) in [6.45, 7) is 2.74. The lowest BCUT2D eigenvalue weighted by atomic mass is 9.87. The molecule has 0 bridgehead atoms. The van der Waals surface area contributed by atoms with Gasteiger partial charge in [-0.3, -0.25) is 4.79 Å². The maximum Gasteiger partial charge on any atom is 0.252 e. The molecule has 0 aromatic heterocycles. The summed E-state index contributed by atoms with van der Waals surface area (Å²) in [5, 5.41) is 3.26. The summed E-state index contributed by atoms with van der Waals surface area (Å²) in [4.78, 5) is 15.2. The van der Waals surface area contributed by atoms with E-state index < -0.39 is 6.10 Å². The molecule has 0 spiro atoms. The van der Waals surface area contributed by atoms with Crippen molar-refractivity contribution in [1.82, 2.24) is 10.2 Å². The summed E-state index contributed by atoms with van der Waals surface area (Å²) in [5.41, 5.74) is 3.29. The minimum atomic E-state index is -0.418. The van der Waals surface area contributed by atoms with Gasteiger partial charge in [-0.15, -0.1) is 0 Å². The Hall–Kier alpha value is -2.24. The first-order valence-electron chi connectivity index (χ1n) is 9.20. The number of nitrogens with zero attached hydrogens (tertiary/aromatic N) is 1. The Labute approximate surface area is 153 Å². The number of nitrogens with one attached hydrogen (secondary N) is 1. The van der Waals surface area contributed by atoms with Gasteiger partial charge in [-0.25, -0.2) is 4.39 Å². The lowest BCUT2D eigenvalue weighted by molar-refractivity contribution is -0.145. The Balaban J connectivity index is 1.70. The summed E-state index contributed by atoms with van der Waals surface area (Å²) < 4.78 is 19.2. The van der Waals surface area contributed by atoms with Gasteiger partial charge in [-0.1, -0.05) is 36.4 Å². The van der Waals surface area contributed by atoms with Gasteiger partial charge in [-0.05, 0) is 48.2 Å². The summed E-state index contributed by atoms with van der Waals surface area (Å²) >= 11 is 0. The van der Waals surface area contributed by atoms with E-state index >= 15 is 0 Å². The van der Waals surface area contributed by atoms with Crippen LogP contribution in [0.15, 0.2) is 48.5 Å². The van der Waals surface area contributed by atoms with Gasteiger partial charge in [-0.2, -0.15) is 0 Å². The molecule has 2 heterocycles. The van der Waals surface area contributed by atoms with Crippen molar-refractivity contribution in [2.45, 2.75) is 25.0 Å². The molecule has 2 atom stereocenters. The Kier molecular flexibility index (Phi) is 5.00. The molecular weight excluding hydrogens is 331 g/mol. The molecule has 1 N–H and O–H groups in total. The first-order chi connectivity index (χ1) is 12.7. The predicted octanol–water partition coefficient (Wildman–Crippen LogP) is 2.68. The number of carbonyl (C=O) groups excluding carboxylic acids is 1. The monoisotopic (exact) mass is 354 g/mol. The average molecular weight is 354 g/mol. The third-order valence-electron chi connectivity index (χ3n) is 5.21. The van der Waals surface area contributed by atoms with Crippen LogP contribution in [-0.2, 0) is 16.0 Å². The van der Waals surface area contributed by atoms with Gasteiger partial charge in [0.25, 0.3) is 5.91 Å². The van der Waals surface area contributed by atoms with Crippen molar-refractivity contribution >= 4 is 5.91 Å². The normalized spacial score (nSPS) is 23.2. The van der Waals surface area contributed by atoms with E-state index in [4.69, 9.17) is 4.74 Å². The molecule has 0 unspecified atom stereocenters.